The van der Waals surface area contributed by atoms with E-state index >= 15 is 0 Å². The number of carbonyl (C=O) groups is 3. The van der Waals surface area contributed by atoms with Crippen molar-refractivity contribution in [3.63, 3.8) is 0 Å². The van der Waals surface area contributed by atoms with Crippen LogP contribution in [0.5, 0.6) is 0 Å². The Balaban J connectivity index is 1.77. The largest absolute Gasteiger partial charge is 0.342 e. The first-order chi connectivity index (χ1) is 11.0. The second-order valence-electron chi connectivity index (χ2n) is 5.94. The summed E-state index contributed by atoms with van der Waals surface area (Å²) in [6.45, 7) is 4.89. The highest BCUT2D eigenvalue weighted by atomic mass is 16.2. The molecule has 1 aromatic heterocycles. The molecule has 23 heavy (non-hydrogen) atoms. The van der Waals surface area contributed by atoms with Crippen molar-refractivity contribution in [3.8, 4) is 0 Å². The second-order valence-corrected chi connectivity index (χ2v) is 5.94. The summed E-state index contributed by atoms with van der Waals surface area (Å²) >= 11 is 0. The van der Waals surface area contributed by atoms with Gasteiger partial charge < -0.3 is 4.90 Å². The molecule has 0 saturated carbocycles. The van der Waals surface area contributed by atoms with Gasteiger partial charge in [-0.15, -0.1) is 0 Å². The SMILES string of the molecule is CC(C)C(=O)N1CCC(C(=O)NNC(=O)c2cccnc2)CC1. The number of amides is 3. The number of nitrogens with zero attached hydrogens (tertiary/aromatic N) is 2. The molecule has 0 aromatic carbocycles. The molecule has 0 bridgehead atoms. The van der Waals surface area contributed by atoms with Crippen molar-refractivity contribution in [2.45, 2.75) is 26.7 Å². The summed E-state index contributed by atoms with van der Waals surface area (Å²) in [5.74, 6) is -0.731. The molecule has 0 atom stereocenters. The Morgan fingerprint density at radius 1 is 1.22 bits per heavy atom. The van der Waals surface area contributed by atoms with Gasteiger partial charge >= 0.3 is 0 Å². The molecule has 1 aromatic rings. The Morgan fingerprint density at radius 2 is 1.91 bits per heavy atom. The smallest absolute Gasteiger partial charge is 0.271 e. The lowest BCUT2D eigenvalue weighted by molar-refractivity contribution is -0.138. The van der Waals surface area contributed by atoms with Crippen LogP contribution in [0, 0.1) is 11.8 Å². The van der Waals surface area contributed by atoms with Gasteiger partial charge in [0.1, 0.15) is 0 Å². The average molecular weight is 318 g/mol. The first-order valence-corrected chi connectivity index (χ1v) is 7.78. The van der Waals surface area contributed by atoms with Gasteiger partial charge in [-0.25, -0.2) is 0 Å². The van der Waals surface area contributed by atoms with Crippen LogP contribution in [-0.2, 0) is 9.59 Å². The molecule has 1 fully saturated rings. The van der Waals surface area contributed by atoms with Gasteiger partial charge in [0.15, 0.2) is 0 Å². The van der Waals surface area contributed by atoms with E-state index in [1.807, 2.05) is 13.8 Å². The Hall–Kier alpha value is -2.44. The molecule has 0 spiro atoms. The molecular weight excluding hydrogens is 296 g/mol. The second kappa shape index (κ2) is 7.71. The van der Waals surface area contributed by atoms with E-state index in [1.165, 1.54) is 6.20 Å². The van der Waals surface area contributed by atoms with Crippen molar-refractivity contribution in [1.82, 2.24) is 20.7 Å². The van der Waals surface area contributed by atoms with Crippen LogP contribution in [0.2, 0.25) is 0 Å². The molecule has 7 heteroatoms. The van der Waals surface area contributed by atoms with Crippen LogP contribution < -0.4 is 10.9 Å². The lowest BCUT2D eigenvalue weighted by Crippen LogP contribution is -2.48. The van der Waals surface area contributed by atoms with Crippen molar-refractivity contribution in [2.24, 2.45) is 11.8 Å². The summed E-state index contributed by atoms with van der Waals surface area (Å²) in [6.07, 6.45) is 4.21. The molecule has 2 rings (SSSR count). The molecule has 1 aliphatic heterocycles. The number of nitrogens with one attached hydrogen (secondary N) is 2. The van der Waals surface area contributed by atoms with E-state index < -0.39 is 5.91 Å². The van der Waals surface area contributed by atoms with Crippen LogP contribution in [-0.4, -0.2) is 40.7 Å². The summed E-state index contributed by atoms with van der Waals surface area (Å²) in [7, 11) is 0. The molecule has 1 saturated heterocycles. The van der Waals surface area contributed by atoms with Gasteiger partial charge in [-0.1, -0.05) is 13.8 Å². The number of likely N-dealkylation sites (tertiary alicyclic amines) is 1. The topological polar surface area (TPSA) is 91.4 Å². The highest BCUT2D eigenvalue weighted by Gasteiger charge is 2.28. The lowest BCUT2D eigenvalue weighted by Gasteiger charge is -2.32. The highest BCUT2D eigenvalue weighted by Crippen LogP contribution is 2.18. The zero-order valence-electron chi connectivity index (χ0n) is 13.4. The predicted octanol–water partition coefficient (Wildman–Crippen LogP) is 0.737. The number of rotatable bonds is 3. The number of hydrogen-bond donors (Lipinski definition) is 2. The molecule has 3 amide bonds. The molecule has 1 aliphatic rings. The third-order valence-electron chi connectivity index (χ3n) is 3.89. The van der Waals surface area contributed by atoms with Gasteiger partial charge in [-0.3, -0.25) is 30.2 Å². The van der Waals surface area contributed by atoms with Gasteiger partial charge in [-0.2, -0.15) is 0 Å². The number of carbonyl (C=O) groups excluding carboxylic acids is 3. The highest BCUT2D eigenvalue weighted by molar-refractivity contribution is 5.95. The molecule has 0 unspecified atom stereocenters. The standard InChI is InChI=1S/C16H22N4O3/c1-11(2)16(23)20-8-5-12(6-9-20)14(21)18-19-15(22)13-4-3-7-17-10-13/h3-4,7,10-12H,5-6,8-9H2,1-2H3,(H,18,21)(H,19,22). The van der Waals surface area contributed by atoms with Crippen LogP contribution >= 0.6 is 0 Å². The van der Waals surface area contributed by atoms with Crippen LogP contribution in [0.15, 0.2) is 24.5 Å². The molecule has 2 N–H and O–H groups in total. The number of aromatic nitrogens is 1. The van der Waals surface area contributed by atoms with Crippen LogP contribution in [0.25, 0.3) is 0 Å². The maximum absolute atomic E-state index is 12.1. The predicted molar refractivity (Wildman–Crippen MR) is 84.0 cm³/mol. The third kappa shape index (κ3) is 4.51. The monoisotopic (exact) mass is 318 g/mol. The van der Waals surface area contributed by atoms with E-state index in [0.717, 1.165) is 0 Å². The average Bonchev–Trinajstić information content (AvgIpc) is 2.59. The van der Waals surface area contributed by atoms with Crippen LogP contribution in [0.3, 0.4) is 0 Å². The number of piperidine rings is 1. The fraction of sp³-hybridized carbons (Fsp3) is 0.500. The van der Waals surface area contributed by atoms with Crippen LogP contribution in [0.1, 0.15) is 37.0 Å². The van der Waals surface area contributed by atoms with Crippen molar-refractivity contribution in [2.75, 3.05) is 13.1 Å². The first kappa shape index (κ1) is 16.9. The fourth-order valence-electron chi connectivity index (χ4n) is 2.52. The maximum Gasteiger partial charge on any atom is 0.271 e. The molecular formula is C16H22N4O3. The minimum absolute atomic E-state index is 0.0286. The quantitative estimate of drug-likeness (QED) is 0.804. The van der Waals surface area contributed by atoms with Crippen molar-refractivity contribution >= 4 is 17.7 Å². The molecule has 0 aliphatic carbocycles. The maximum atomic E-state index is 12.1. The number of pyridine rings is 1. The molecule has 2 heterocycles. The Bertz CT molecular complexity index is 566. The van der Waals surface area contributed by atoms with Gasteiger partial charge in [0, 0.05) is 37.3 Å². The number of hydrazine groups is 1. The normalized spacial score (nSPS) is 15.3. The van der Waals surface area contributed by atoms with Crippen molar-refractivity contribution in [3.05, 3.63) is 30.1 Å². The fourth-order valence-corrected chi connectivity index (χ4v) is 2.52. The van der Waals surface area contributed by atoms with Gasteiger partial charge in [0.05, 0.1) is 5.56 Å². The minimum atomic E-state index is -0.404. The lowest BCUT2D eigenvalue weighted by atomic mass is 9.95. The summed E-state index contributed by atoms with van der Waals surface area (Å²) in [5.41, 5.74) is 5.22. The van der Waals surface area contributed by atoms with Crippen molar-refractivity contribution in [1.29, 1.82) is 0 Å². The third-order valence-corrected chi connectivity index (χ3v) is 3.89. The van der Waals surface area contributed by atoms with Crippen molar-refractivity contribution < 1.29 is 14.4 Å². The Kier molecular flexibility index (Phi) is 5.67. The Labute approximate surface area is 135 Å². The van der Waals surface area contributed by atoms with E-state index in [0.29, 0.717) is 31.5 Å². The minimum Gasteiger partial charge on any atom is -0.342 e. The van der Waals surface area contributed by atoms with Gasteiger partial charge in [0.2, 0.25) is 11.8 Å². The van der Waals surface area contributed by atoms with Gasteiger partial charge in [-0.05, 0) is 25.0 Å². The summed E-state index contributed by atoms with van der Waals surface area (Å²) in [5, 5.41) is 0. The van der Waals surface area contributed by atoms with E-state index in [4.69, 9.17) is 0 Å². The zero-order chi connectivity index (χ0) is 16.8. The van der Waals surface area contributed by atoms with Crippen LogP contribution in [0.4, 0.5) is 0 Å². The van der Waals surface area contributed by atoms with E-state index in [9.17, 15) is 14.4 Å². The molecule has 7 nitrogen and oxygen atoms in total. The summed E-state index contributed by atoms with van der Waals surface area (Å²) in [6, 6.07) is 3.27. The molecule has 124 valence electrons. The molecule has 0 radical (unpaired) electrons. The summed E-state index contributed by atoms with van der Waals surface area (Å²) < 4.78 is 0. The van der Waals surface area contributed by atoms with Gasteiger partial charge in [0.25, 0.3) is 5.91 Å². The number of hydrogen-bond acceptors (Lipinski definition) is 4. The zero-order valence-corrected chi connectivity index (χ0v) is 13.4. The van der Waals surface area contributed by atoms with E-state index in [1.54, 1.807) is 23.2 Å². The summed E-state index contributed by atoms with van der Waals surface area (Å²) in [4.78, 5) is 41.5. The van der Waals surface area contributed by atoms with E-state index in [2.05, 4.69) is 15.8 Å². The first-order valence-electron chi connectivity index (χ1n) is 7.78. The van der Waals surface area contributed by atoms with E-state index in [-0.39, 0.29) is 23.7 Å². The Morgan fingerprint density at radius 3 is 2.48 bits per heavy atom.